The molecule has 104 valence electrons. The van der Waals surface area contributed by atoms with Crippen molar-refractivity contribution in [2.24, 2.45) is 0 Å². The Hall–Kier alpha value is -2.04. The Morgan fingerprint density at radius 1 is 1.16 bits per heavy atom. The van der Waals surface area contributed by atoms with Gasteiger partial charge in [0, 0.05) is 0 Å². The van der Waals surface area contributed by atoms with E-state index < -0.39 is 23.7 Å². The van der Waals surface area contributed by atoms with Crippen LogP contribution in [-0.4, -0.2) is 23.7 Å². The zero-order valence-electron chi connectivity index (χ0n) is 11.6. The number of rotatable bonds is 3. The number of nitrogens with one attached hydrogen (secondary N) is 1. The fourth-order valence-corrected chi connectivity index (χ4v) is 1.24. The summed E-state index contributed by atoms with van der Waals surface area (Å²) in [5, 5.41) is 2.42. The molecule has 19 heavy (non-hydrogen) atoms. The van der Waals surface area contributed by atoms with Gasteiger partial charge in [-0.25, -0.2) is 9.59 Å². The number of amides is 1. The van der Waals surface area contributed by atoms with E-state index in [2.05, 4.69) is 5.32 Å². The molecule has 1 rings (SSSR count). The maximum Gasteiger partial charge on any atom is 0.408 e. The van der Waals surface area contributed by atoms with E-state index in [-0.39, 0.29) is 0 Å². The lowest BCUT2D eigenvalue weighted by atomic mass is 10.2. The fraction of sp³-hybridized carbons (Fsp3) is 0.429. The van der Waals surface area contributed by atoms with Gasteiger partial charge in [-0.05, 0) is 39.8 Å². The van der Waals surface area contributed by atoms with E-state index in [1.54, 1.807) is 45.0 Å². The molecular weight excluding hydrogens is 246 g/mol. The van der Waals surface area contributed by atoms with Crippen LogP contribution < -0.4 is 10.1 Å². The van der Waals surface area contributed by atoms with Crippen LogP contribution >= 0.6 is 0 Å². The first-order valence-electron chi connectivity index (χ1n) is 6.04. The highest BCUT2D eigenvalue weighted by atomic mass is 16.6. The zero-order chi connectivity index (χ0) is 14.5. The lowest BCUT2D eigenvalue weighted by molar-refractivity contribution is -0.136. The maximum absolute atomic E-state index is 11.7. The van der Waals surface area contributed by atoms with Gasteiger partial charge in [0.25, 0.3) is 0 Å². The highest BCUT2D eigenvalue weighted by Crippen LogP contribution is 2.10. The quantitative estimate of drug-likeness (QED) is 0.673. The molecular formula is C14H19NO4. The van der Waals surface area contributed by atoms with Gasteiger partial charge < -0.3 is 14.8 Å². The van der Waals surface area contributed by atoms with E-state index in [0.29, 0.717) is 5.75 Å². The predicted molar refractivity (Wildman–Crippen MR) is 70.9 cm³/mol. The van der Waals surface area contributed by atoms with Gasteiger partial charge in [0.15, 0.2) is 0 Å². The van der Waals surface area contributed by atoms with E-state index in [0.717, 1.165) is 0 Å². The molecule has 0 radical (unpaired) electrons. The van der Waals surface area contributed by atoms with Crippen LogP contribution in [0.5, 0.6) is 5.75 Å². The number of ether oxygens (including phenoxy) is 2. The van der Waals surface area contributed by atoms with Gasteiger partial charge in [0.2, 0.25) is 0 Å². The average molecular weight is 265 g/mol. The van der Waals surface area contributed by atoms with Crippen LogP contribution in [0.1, 0.15) is 27.7 Å². The number of hydrogen-bond acceptors (Lipinski definition) is 4. The van der Waals surface area contributed by atoms with Gasteiger partial charge in [-0.3, -0.25) is 0 Å². The molecule has 1 N–H and O–H groups in total. The molecule has 1 aromatic rings. The molecule has 0 aliphatic carbocycles. The lowest BCUT2D eigenvalue weighted by Gasteiger charge is -2.21. The van der Waals surface area contributed by atoms with Crippen molar-refractivity contribution in [1.29, 1.82) is 0 Å². The van der Waals surface area contributed by atoms with Crippen molar-refractivity contribution in [2.75, 3.05) is 0 Å². The molecule has 0 bridgehead atoms. The second-order valence-corrected chi connectivity index (χ2v) is 5.10. The van der Waals surface area contributed by atoms with E-state index >= 15 is 0 Å². The van der Waals surface area contributed by atoms with Crippen LogP contribution in [0.25, 0.3) is 0 Å². The monoisotopic (exact) mass is 265 g/mol. The van der Waals surface area contributed by atoms with Crippen molar-refractivity contribution in [2.45, 2.75) is 39.3 Å². The van der Waals surface area contributed by atoms with Crippen LogP contribution in [0.4, 0.5) is 4.79 Å². The van der Waals surface area contributed by atoms with Crippen molar-refractivity contribution in [3.05, 3.63) is 30.3 Å². The Kier molecular flexibility index (Phi) is 4.92. The first kappa shape index (κ1) is 15.0. The molecule has 0 aromatic heterocycles. The van der Waals surface area contributed by atoms with Crippen molar-refractivity contribution in [3.63, 3.8) is 0 Å². The van der Waals surface area contributed by atoms with E-state index in [9.17, 15) is 9.59 Å². The summed E-state index contributed by atoms with van der Waals surface area (Å²) < 4.78 is 10.1. The molecule has 0 fully saturated rings. The van der Waals surface area contributed by atoms with Crippen LogP contribution in [0.15, 0.2) is 30.3 Å². The van der Waals surface area contributed by atoms with Crippen LogP contribution in [0, 0.1) is 0 Å². The Morgan fingerprint density at radius 3 is 2.26 bits per heavy atom. The van der Waals surface area contributed by atoms with Gasteiger partial charge in [0.1, 0.15) is 17.4 Å². The molecule has 0 heterocycles. The number of carbonyl (C=O) groups is 2. The largest absolute Gasteiger partial charge is 0.444 e. The molecule has 1 amide bonds. The molecule has 0 unspecified atom stereocenters. The zero-order valence-corrected chi connectivity index (χ0v) is 11.6. The summed E-state index contributed by atoms with van der Waals surface area (Å²) in [7, 11) is 0. The van der Waals surface area contributed by atoms with Crippen molar-refractivity contribution in [3.8, 4) is 5.75 Å². The normalized spacial score (nSPS) is 12.4. The Labute approximate surface area is 112 Å². The summed E-state index contributed by atoms with van der Waals surface area (Å²) in [5.74, 6) is -0.109. The van der Waals surface area contributed by atoms with E-state index in [1.807, 2.05) is 6.07 Å². The topological polar surface area (TPSA) is 64.6 Å². The standard InChI is InChI=1S/C14H19NO4/c1-10(15-13(17)19-14(2,3)4)12(16)18-11-8-6-5-7-9-11/h5-10H,1-4H3,(H,15,17)/t10-/m0/s1. The molecule has 1 aromatic carbocycles. The molecule has 1 atom stereocenters. The first-order chi connectivity index (χ1) is 8.78. The molecule has 0 saturated carbocycles. The third-order valence-corrected chi connectivity index (χ3v) is 2.05. The summed E-state index contributed by atoms with van der Waals surface area (Å²) >= 11 is 0. The summed E-state index contributed by atoms with van der Waals surface area (Å²) in [6.45, 7) is 6.79. The first-order valence-corrected chi connectivity index (χ1v) is 6.04. The molecule has 5 heteroatoms. The van der Waals surface area contributed by atoms with E-state index in [4.69, 9.17) is 9.47 Å². The Morgan fingerprint density at radius 2 is 1.74 bits per heavy atom. The third-order valence-electron chi connectivity index (χ3n) is 2.05. The maximum atomic E-state index is 11.7. The van der Waals surface area contributed by atoms with Gasteiger partial charge >= 0.3 is 12.1 Å². The Bertz CT molecular complexity index is 437. The van der Waals surface area contributed by atoms with Crippen LogP contribution in [-0.2, 0) is 9.53 Å². The summed E-state index contributed by atoms with van der Waals surface area (Å²) in [6.07, 6.45) is -0.648. The molecule has 0 aliphatic heterocycles. The number of benzene rings is 1. The molecule has 5 nitrogen and oxygen atoms in total. The summed E-state index contributed by atoms with van der Waals surface area (Å²) in [4.78, 5) is 23.2. The second-order valence-electron chi connectivity index (χ2n) is 5.10. The number of para-hydroxylation sites is 1. The highest BCUT2D eigenvalue weighted by molar-refractivity contribution is 5.82. The third kappa shape index (κ3) is 5.90. The highest BCUT2D eigenvalue weighted by Gasteiger charge is 2.22. The molecule has 0 aliphatic rings. The SMILES string of the molecule is C[C@H](NC(=O)OC(C)(C)C)C(=O)Oc1ccccc1. The molecule has 0 spiro atoms. The van der Waals surface area contributed by atoms with Gasteiger partial charge in [-0.15, -0.1) is 0 Å². The fourth-order valence-electron chi connectivity index (χ4n) is 1.24. The molecule has 0 saturated heterocycles. The van der Waals surface area contributed by atoms with Gasteiger partial charge in [-0.1, -0.05) is 18.2 Å². The van der Waals surface area contributed by atoms with Gasteiger partial charge in [0.05, 0.1) is 0 Å². The van der Waals surface area contributed by atoms with Crippen molar-refractivity contribution in [1.82, 2.24) is 5.32 Å². The number of carbonyl (C=O) groups excluding carboxylic acids is 2. The van der Waals surface area contributed by atoms with Crippen molar-refractivity contribution < 1.29 is 19.1 Å². The summed E-state index contributed by atoms with van der Waals surface area (Å²) in [5.41, 5.74) is -0.604. The smallest absolute Gasteiger partial charge is 0.408 e. The van der Waals surface area contributed by atoms with Crippen LogP contribution in [0.2, 0.25) is 0 Å². The predicted octanol–water partition coefficient (Wildman–Crippen LogP) is 2.51. The average Bonchev–Trinajstić information content (AvgIpc) is 2.27. The number of alkyl carbamates (subject to hydrolysis) is 1. The number of hydrogen-bond donors (Lipinski definition) is 1. The Balaban J connectivity index is 2.47. The summed E-state index contributed by atoms with van der Waals surface area (Å²) in [6, 6.07) is 7.88. The lowest BCUT2D eigenvalue weighted by Crippen LogP contribution is -2.43. The minimum absolute atomic E-state index is 0.435. The minimum atomic E-state index is -0.782. The number of esters is 1. The minimum Gasteiger partial charge on any atom is -0.444 e. The second kappa shape index (κ2) is 6.22. The van der Waals surface area contributed by atoms with Gasteiger partial charge in [-0.2, -0.15) is 0 Å². The van der Waals surface area contributed by atoms with E-state index in [1.165, 1.54) is 6.92 Å². The van der Waals surface area contributed by atoms with Crippen molar-refractivity contribution >= 4 is 12.1 Å². The van der Waals surface area contributed by atoms with Crippen LogP contribution in [0.3, 0.4) is 0 Å².